The fourth-order valence-corrected chi connectivity index (χ4v) is 1.90. The number of hydrogen-bond donors (Lipinski definition) is 1. The molecule has 0 aliphatic carbocycles. The molecule has 1 N–H and O–H groups in total. The van der Waals surface area contributed by atoms with Gasteiger partial charge in [-0.25, -0.2) is 9.48 Å². The van der Waals surface area contributed by atoms with E-state index in [0.29, 0.717) is 6.54 Å². The Morgan fingerprint density at radius 2 is 2.16 bits per heavy atom. The van der Waals surface area contributed by atoms with Crippen molar-refractivity contribution in [2.24, 2.45) is 14.1 Å². The average Bonchev–Trinajstić information content (AvgIpc) is 2.39. The van der Waals surface area contributed by atoms with Crippen molar-refractivity contribution in [3.05, 3.63) is 20.8 Å². The van der Waals surface area contributed by atoms with Gasteiger partial charge in [-0.15, -0.1) is 5.10 Å². The van der Waals surface area contributed by atoms with Crippen molar-refractivity contribution in [2.45, 2.75) is 19.1 Å². The normalized spacial score (nSPS) is 23.3. The first-order chi connectivity index (χ1) is 8.99. The first-order valence-electron chi connectivity index (χ1n) is 6.12. The lowest BCUT2D eigenvalue weighted by Crippen LogP contribution is -2.46. The second kappa shape index (κ2) is 5.54. The van der Waals surface area contributed by atoms with E-state index in [1.165, 1.54) is 14.1 Å². The van der Waals surface area contributed by atoms with Crippen LogP contribution in [-0.4, -0.2) is 46.3 Å². The maximum Gasteiger partial charge on any atom is 0.347 e. The van der Waals surface area contributed by atoms with E-state index in [9.17, 15) is 9.59 Å². The molecule has 2 heterocycles. The minimum Gasteiger partial charge on any atom is -0.470 e. The summed E-state index contributed by atoms with van der Waals surface area (Å²) in [5.41, 5.74) is -1.03. The standard InChI is InChI=1S/C11H18N4O4/c1-7-4-12-5-8(19-7)6-18-9-10(16)14(2)11(17)15(3)13-9/h7-8,12H,4-6H2,1-3H3. The Morgan fingerprint density at radius 1 is 1.42 bits per heavy atom. The zero-order chi connectivity index (χ0) is 14.0. The first-order valence-corrected chi connectivity index (χ1v) is 6.12. The molecule has 1 aromatic heterocycles. The molecule has 2 rings (SSSR count). The Hall–Kier alpha value is -1.67. The number of rotatable bonds is 3. The highest BCUT2D eigenvalue weighted by Gasteiger charge is 2.20. The summed E-state index contributed by atoms with van der Waals surface area (Å²) >= 11 is 0. The third-order valence-corrected chi connectivity index (χ3v) is 2.93. The van der Waals surface area contributed by atoms with E-state index in [1.807, 2.05) is 6.92 Å². The number of aryl methyl sites for hydroxylation is 1. The minimum absolute atomic E-state index is 0.0913. The molecule has 0 saturated carbocycles. The number of aromatic nitrogens is 3. The Balaban J connectivity index is 2.08. The van der Waals surface area contributed by atoms with Gasteiger partial charge in [0.2, 0.25) is 0 Å². The van der Waals surface area contributed by atoms with Gasteiger partial charge < -0.3 is 14.8 Å². The van der Waals surface area contributed by atoms with Crippen molar-refractivity contribution in [3.8, 4) is 5.88 Å². The molecule has 2 unspecified atom stereocenters. The van der Waals surface area contributed by atoms with Gasteiger partial charge in [0, 0.05) is 27.2 Å². The average molecular weight is 270 g/mol. The lowest BCUT2D eigenvalue weighted by atomic mass is 10.2. The van der Waals surface area contributed by atoms with E-state index in [1.54, 1.807) is 0 Å². The van der Waals surface area contributed by atoms with Crippen molar-refractivity contribution in [2.75, 3.05) is 19.7 Å². The fraction of sp³-hybridized carbons (Fsp3) is 0.727. The molecule has 1 aromatic rings. The molecule has 0 bridgehead atoms. The zero-order valence-electron chi connectivity index (χ0n) is 11.3. The molecule has 1 saturated heterocycles. The van der Waals surface area contributed by atoms with Gasteiger partial charge >= 0.3 is 11.2 Å². The van der Waals surface area contributed by atoms with E-state index in [-0.39, 0.29) is 24.7 Å². The summed E-state index contributed by atoms with van der Waals surface area (Å²) < 4.78 is 13.0. The van der Waals surface area contributed by atoms with E-state index in [4.69, 9.17) is 9.47 Å². The van der Waals surface area contributed by atoms with Crippen LogP contribution in [0.4, 0.5) is 0 Å². The summed E-state index contributed by atoms with van der Waals surface area (Å²) in [6.07, 6.45) is -0.0224. The SMILES string of the molecule is CC1CNCC(COc2nn(C)c(=O)n(C)c2=O)O1. The van der Waals surface area contributed by atoms with Crippen molar-refractivity contribution in [1.29, 1.82) is 0 Å². The fourth-order valence-electron chi connectivity index (χ4n) is 1.90. The molecule has 8 heteroatoms. The van der Waals surface area contributed by atoms with Gasteiger partial charge in [0.15, 0.2) is 0 Å². The monoisotopic (exact) mass is 270 g/mol. The van der Waals surface area contributed by atoms with Crippen LogP contribution >= 0.6 is 0 Å². The van der Waals surface area contributed by atoms with Gasteiger partial charge in [-0.2, -0.15) is 0 Å². The topological polar surface area (TPSA) is 87.4 Å². The zero-order valence-corrected chi connectivity index (χ0v) is 11.3. The Labute approximate surface area is 109 Å². The van der Waals surface area contributed by atoms with Crippen LogP contribution in [0.25, 0.3) is 0 Å². The molecule has 1 fully saturated rings. The van der Waals surface area contributed by atoms with Gasteiger partial charge in [0.25, 0.3) is 5.88 Å². The minimum atomic E-state index is -0.542. The first kappa shape index (κ1) is 13.8. The van der Waals surface area contributed by atoms with Crippen LogP contribution in [0.5, 0.6) is 5.88 Å². The van der Waals surface area contributed by atoms with Crippen LogP contribution in [-0.2, 0) is 18.8 Å². The largest absolute Gasteiger partial charge is 0.470 e. The number of hydrogen-bond acceptors (Lipinski definition) is 6. The highest BCUT2D eigenvalue weighted by Crippen LogP contribution is 2.04. The van der Waals surface area contributed by atoms with Gasteiger partial charge in [-0.1, -0.05) is 0 Å². The summed E-state index contributed by atoms with van der Waals surface area (Å²) in [4.78, 5) is 23.2. The molecule has 1 aliphatic rings. The second-order valence-corrected chi connectivity index (χ2v) is 4.61. The highest BCUT2D eigenvalue weighted by atomic mass is 16.5. The Morgan fingerprint density at radius 3 is 2.84 bits per heavy atom. The maximum atomic E-state index is 11.8. The number of ether oxygens (including phenoxy) is 2. The van der Waals surface area contributed by atoms with E-state index in [2.05, 4.69) is 10.4 Å². The molecule has 8 nitrogen and oxygen atoms in total. The van der Waals surface area contributed by atoms with Crippen LogP contribution in [0, 0.1) is 0 Å². The van der Waals surface area contributed by atoms with Crippen LogP contribution < -0.4 is 21.3 Å². The summed E-state index contributed by atoms with van der Waals surface area (Å²) in [6.45, 7) is 3.65. The molecule has 0 amide bonds. The maximum absolute atomic E-state index is 11.8. The predicted octanol–water partition coefficient (Wildman–Crippen LogP) is -1.77. The molecule has 19 heavy (non-hydrogen) atoms. The molecule has 1 aliphatic heterocycles. The number of nitrogens with zero attached hydrogens (tertiary/aromatic N) is 3. The van der Waals surface area contributed by atoms with Crippen molar-refractivity contribution >= 4 is 0 Å². The Bertz CT molecular complexity index is 565. The van der Waals surface area contributed by atoms with Gasteiger partial charge in [-0.05, 0) is 6.92 Å². The van der Waals surface area contributed by atoms with E-state index >= 15 is 0 Å². The van der Waals surface area contributed by atoms with Crippen molar-refractivity contribution in [1.82, 2.24) is 19.7 Å². The van der Waals surface area contributed by atoms with Crippen molar-refractivity contribution in [3.63, 3.8) is 0 Å². The third kappa shape index (κ3) is 3.02. The summed E-state index contributed by atoms with van der Waals surface area (Å²) in [7, 11) is 2.86. The second-order valence-electron chi connectivity index (χ2n) is 4.61. The van der Waals surface area contributed by atoms with Crippen LogP contribution in [0.15, 0.2) is 9.59 Å². The molecule has 106 valence electrons. The molecular weight excluding hydrogens is 252 g/mol. The van der Waals surface area contributed by atoms with Gasteiger partial charge in [0.05, 0.1) is 6.10 Å². The molecule has 0 aromatic carbocycles. The Kier molecular flexibility index (Phi) is 4.01. The van der Waals surface area contributed by atoms with Crippen LogP contribution in [0.1, 0.15) is 6.92 Å². The molecule has 2 atom stereocenters. The lowest BCUT2D eigenvalue weighted by Gasteiger charge is -2.28. The van der Waals surface area contributed by atoms with Crippen molar-refractivity contribution < 1.29 is 9.47 Å². The van der Waals surface area contributed by atoms with Gasteiger partial charge in [-0.3, -0.25) is 9.36 Å². The highest BCUT2D eigenvalue weighted by molar-refractivity contribution is 5.01. The molecular formula is C11H18N4O4. The summed E-state index contributed by atoms with van der Waals surface area (Å²) in [5.74, 6) is -0.0913. The number of nitrogens with one attached hydrogen (secondary N) is 1. The quantitative estimate of drug-likeness (QED) is 0.700. The predicted molar refractivity (Wildman–Crippen MR) is 67.4 cm³/mol. The van der Waals surface area contributed by atoms with Crippen LogP contribution in [0.3, 0.4) is 0 Å². The molecule has 0 spiro atoms. The summed E-state index contributed by atoms with van der Waals surface area (Å²) in [5, 5.41) is 7.01. The van der Waals surface area contributed by atoms with Gasteiger partial charge in [0.1, 0.15) is 12.7 Å². The van der Waals surface area contributed by atoms with E-state index < -0.39 is 11.2 Å². The smallest absolute Gasteiger partial charge is 0.347 e. The molecule has 0 radical (unpaired) electrons. The van der Waals surface area contributed by atoms with E-state index in [0.717, 1.165) is 15.8 Å². The van der Waals surface area contributed by atoms with Crippen LogP contribution in [0.2, 0.25) is 0 Å². The lowest BCUT2D eigenvalue weighted by molar-refractivity contribution is -0.0482. The summed E-state index contributed by atoms with van der Waals surface area (Å²) in [6, 6.07) is 0. The third-order valence-electron chi connectivity index (χ3n) is 2.93. The number of morpholine rings is 1.